The second kappa shape index (κ2) is 14.9. The van der Waals surface area contributed by atoms with Gasteiger partial charge >= 0.3 is 5.97 Å². The Balaban J connectivity index is 1.35. The number of hydrogen-bond donors (Lipinski definition) is 1. The molecule has 1 aromatic carbocycles. The Hall–Kier alpha value is -4.34. The van der Waals surface area contributed by atoms with Crippen molar-refractivity contribution in [2.24, 2.45) is 17.3 Å². The quantitative estimate of drug-likeness (QED) is 0.283. The summed E-state index contributed by atoms with van der Waals surface area (Å²) in [6.45, 7) is 6.17. The highest BCUT2D eigenvalue weighted by Gasteiger charge is 2.26. The van der Waals surface area contributed by atoms with E-state index in [4.69, 9.17) is 4.74 Å². The molecule has 0 bridgehead atoms. The van der Waals surface area contributed by atoms with Gasteiger partial charge in [0.15, 0.2) is 0 Å². The average molecular weight is 619 g/mol. The highest BCUT2D eigenvalue weighted by molar-refractivity contribution is 7.93. The molecule has 11 nitrogen and oxygen atoms in total. The van der Waals surface area contributed by atoms with Gasteiger partial charge in [0.2, 0.25) is 0 Å². The summed E-state index contributed by atoms with van der Waals surface area (Å²) in [5.41, 5.74) is 3.13. The van der Waals surface area contributed by atoms with Crippen LogP contribution in [0.2, 0.25) is 0 Å². The predicted octanol–water partition coefficient (Wildman–Crippen LogP) is 3.68. The minimum atomic E-state index is -2.77. The zero-order valence-electron chi connectivity index (χ0n) is 25.5. The van der Waals surface area contributed by atoms with E-state index in [0.717, 1.165) is 25.1 Å². The van der Waals surface area contributed by atoms with Gasteiger partial charge in [0.1, 0.15) is 5.69 Å². The molecule has 1 N–H and O–H groups in total. The van der Waals surface area contributed by atoms with E-state index < -0.39 is 15.6 Å². The number of carbonyl (C=O) groups excluding carboxylic acids is 3. The number of benzene rings is 1. The monoisotopic (exact) mass is 618 g/mol. The minimum absolute atomic E-state index is 0.129. The second-order valence-corrected chi connectivity index (χ2v) is 13.4. The first-order chi connectivity index (χ1) is 21.0. The number of rotatable bonds is 9. The summed E-state index contributed by atoms with van der Waals surface area (Å²) < 4.78 is 23.8. The van der Waals surface area contributed by atoms with Crippen molar-refractivity contribution in [1.29, 1.82) is 0 Å². The molecule has 2 aromatic heterocycles. The molecule has 1 fully saturated rings. The van der Waals surface area contributed by atoms with Gasteiger partial charge in [0, 0.05) is 54.8 Å². The van der Waals surface area contributed by atoms with Crippen molar-refractivity contribution >= 4 is 33.2 Å². The van der Waals surface area contributed by atoms with Crippen molar-refractivity contribution in [2.45, 2.75) is 33.1 Å². The number of hydrogen-bond acceptors (Lipinski definition) is 8. The molecule has 3 heterocycles. The van der Waals surface area contributed by atoms with Crippen LogP contribution in [0.4, 0.5) is 5.69 Å². The average Bonchev–Trinajstić information content (AvgIpc) is 3.34. The van der Waals surface area contributed by atoms with Gasteiger partial charge < -0.3 is 15.0 Å². The fourth-order valence-electron chi connectivity index (χ4n) is 5.00. The lowest BCUT2D eigenvalue weighted by molar-refractivity contribution is -0.149. The number of aryl methyl sites for hydroxylation is 2. The van der Waals surface area contributed by atoms with Gasteiger partial charge in [-0.05, 0) is 76.5 Å². The first-order valence-electron chi connectivity index (χ1n) is 14.6. The largest absolute Gasteiger partial charge is 0.466 e. The molecule has 2 amide bonds. The van der Waals surface area contributed by atoms with Crippen LogP contribution < -0.4 is 5.32 Å². The molecule has 0 saturated carbocycles. The SMILES string of the molecule is CCOC(=O)C1CCCN(CCC[S@@](C)(=O)=NC(=O)c2cncc(C#Cc3cccc(NC(=O)c4cc(C)nn4C)c3)c2)C1. The number of likely N-dealkylation sites (tertiary alicyclic amines) is 1. The molecular weight excluding hydrogens is 580 g/mol. The van der Waals surface area contributed by atoms with Crippen LogP contribution in [-0.2, 0) is 26.3 Å². The summed E-state index contributed by atoms with van der Waals surface area (Å²) in [6.07, 6.45) is 6.72. The van der Waals surface area contributed by atoms with E-state index in [1.54, 1.807) is 44.3 Å². The van der Waals surface area contributed by atoms with E-state index >= 15 is 0 Å². The van der Waals surface area contributed by atoms with Crippen molar-refractivity contribution < 1.29 is 23.3 Å². The van der Waals surface area contributed by atoms with E-state index in [1.165, 1.54) is 23.3 Å². The Bertz CT molecular complexity index is 1710. The molecular formula is C32H38N6O5S. The maximum absolute atomic E-state index is 13.1. The number of nitrogens with one attached hydrogen (secondary N) is 1. The molecule has 0 aliphatic carbocycles. The Kier molecular flexibility index (Phi) is 11.0. The van der Waals surface area contributed by atoms with E-state index in [1.807, 2.05) is 13.0 Å². The third-order valence-electron chi connectivity index (χ3n) is 7.09. The lowest BCUT2D eigenvalue weighted by Gasteiger charge is -2.31. The highest BCUT2D eigenvalue weighted by atomic mass is 32.2. The number of anilines is 1. The van der Waals surface area contributed by atoms with E-state index in [9.17, 15) is 18.6 Å². The van der Waals surface area contributed by atoms with Gasteiger partial charge in [-0.1, -0.05) is 17.9 Å². The zero-order valence-corrected chi connectivity index (χ0v) is 26.4. The third kappa shape index (κ3) is 9.33. The normalized spacial score (nSPS) is 16.2. The van der Waals surface area contributed by atoms with Crippen LogP contribution in [0.1, 0.15) is 63.9 Å². The molecule has 1 aliphatic rings. The summed E-state index contributed by atoms with van der Waals surface area (Å²) >= 11 is 0. The van der Waals surface area contributed by atoms with Gasteiger partial charge in [-0.2, -0.15) is 9.46 Å². The van der Waals surface area contributed by atoms with Crippen molar-refractivity contribution in [3.63, 3.8) is 0 Å². The smallest absolute Gasteiger partial charge is 0.310 e. The number of nitrogens with zero attached hydrogens (tertiary/aromatic N) is 5. The van der Waals surface area contributed by atoms with Crippen LogP contribution in [0.25, 0.3) is 0 Å². The fraction of sp³-hybridized carbons (Fsp3) is 0.406. The molecule has 1 saturated heterocycles. The molecule has 1 aliphatic heterocycles. The van der Waals surface area contributed by atoms with Gasteiger partial charge in [0.05, 0.1) is 33.5 Å². The highest BCUT2D eigenvalue weighted by Crippen LogP contribution is 2.18. The number of piperidine rings is 1. The number of ether oxygens (including phenoxy) is 1. The zero-order chi connectivity index (χ0) is 31.7. The second-order valence-electron chi connectivity index (χ2n) is 10.8. The summed E-state index contributed by atoms with van der Waals surface area (Å²) in [5, 5.41) is 7.06. The molecule has 44 heavy (non-hydrogen) atoms. The fourth-order valence-corrected chi connectivity index (χ4v) is 6.22. The summed E-state index contributed by atoms with van der Waals surface area (Å²) in [5.74, 6) is 5.11. The molecule has 1 unspecified atom stereocenters. The van der Waals surface area contributed by atoms with Crippen LogP contribution in [0, 0.1) is 24.7 Å². The van der Waals surface area contributed by atoms with E-state index in [2.05, 4.69) is 36.5 Å². The van der Waals surface area contributed by atoms with Crippen LogP contribution in [0.5, 0.6) is 0 Å². The number of amides is 2. The Morgan fingerprint density at radius 1 is 1.16 bits per heavy atom. The maximum Gasteiger partial charge on any atom is 0.310 e. The van der Waals surface area contributed by atoms with Crippen molar-refractivity contribution in [2.75, 3.05) is 43.6 Å². The number of carbonyl (C=O) groups is 3. The molecule has 12 heteroatoms. The standard InChI is InChI=1S/C32H38N6O5S/c1-5-43-32(41)26-10-7-14-38(22-26)15-8-16-44(4,42)36-30(39)27-18-25(20-33-21-27)13-12-24-9-6-11-28(19-24)34-31(40)29-17-23(2)35-37(29)3/h6,9,11,17-21,26H,5,7-8,10,14-16,22H2,1-4H3,(H,34,40)/t26?,44-/m1/s1. The van der Waals surface area contributed by atoms with Crippen LogP contribution in [0.3, 0.4) is 0 Å². The number of esters is 1. The lowest BCUT2D eigenvalue weighted by Crippen LogP contribution is -2.40. The Labute approximate surface area is 258 Å². The maximum atomic E-state index is 13.1. The third-order valence-corrected chi connectivity index (χ3v) is 8.69. The number of pyridine rings is 1. The first kappa shape index (κ1) is 32.6. The molecule has 2 atom stereocenters. The Morgan fingerprint density at radius 3 is 2.70 bits per heavy atom. The van der Waals surface area contributed by atoms with Crippen molar-refractivity contribution in [1.82, 2.24) is 19.7 Å². The minimum Gasteiger partial charge on any atom is -0.466 e. The number of aromatic nitrogens is 3. The predicted molar refractivity (Wildman–Crippen MR) is 169 cm³/mol. The van der Waals surface area contributed by atoms with Gasteiger partial charge in [-0.25, -0.2) is 4.21 Å². The van der Waals surface area contributed by atoms with Crippen molar-refractivity contribution in [3.05, 3.63) is 76.9 Å². The summed E-state index contributed by atoms with van der Waals surface area (Å²) in [6, 6.07) is 10.4. The molecule has 232 valence electrons. The van der Waals surface area contributed by atoms with E-state index in [0.29, 0.717) is 48.6 Å². The molecule has 0 spiro atoms. The lowest BCUT2D eigenvalue weighted by atomic mass is 9.98. The van der Waals surface area contributed by atoms with E-state index in [-0.39, 0.29) is 29.1 Å². The van der Waals surface area contributed by atoms with Gasteiger partial charge in [-0.15, -0.1) is 0 Å². The summed E-state index contributed by atoms with van der Waals surface area (Å²) in [7, 11) is -1.06. The molecule has 0 radical (unpaired) electrons. The molecule has 4 rings (SSSR count). The van der Waals surface area contributed by atoms with Crippen LogP contribution >= 0.6 is 0 Å². The Morgan fingerprint density at radius 2 is 1.95 bits per heavy atom. The van der Waals surface area contributed by atoms with Crippen LogP contribution in [-0.4, -0.2) is 79.9 Å². The van der Waals surface area contributed by atoms with Crippen LogP contribution in [0.15, 0.2) is 53.2 Å². The molecule has 3 aromatic rings. The summed E-state index contributed by atoms with van der Waals surface area (Å²) in [4.78, 5) is 43.9. The van der Waals surface area contributed by atoms with Gasteiger partial charge in [-0.3, -0.25) is 24.0 Å². The van der Waals surface area contributed by atoms with Crippen molar-refractivity contribution in [3.8, 4) is 11.8 Å². The topological polar surface area (TPSA) is 136 Å². The van der Waals surface area contributed by atoms with Gasteiger partial charge in [0.25, 0.3) is 11.8 Å². The first-order valence-corrected chi connectivity index (χ1v) is 16.6.